The number of rotatable bonds is 2. The quantitative estimate of drug-likeness (QED) is 0.827. The summed E-state index contributed by atoms with van der Waals surface area (Å²) in [4.78, 5) is 0. The van der Waals surface area contributed by atoms with Crippen LogP contribution >= 0.6 is 0 Å². The Hall–Kier alpha value is -0.0800. The van der Waals surface area contributed by atoms with Crippen molar-refractivity contribution in [3.63, 3.8) is 0 Å². The molecule has 108 valence electrons. The lowest BCUT2D eigenvalue weighted by molar-refractivity contribution is -0.136. The van der Waals surface area contributed by atoms with E-state index in [2.05, 4.69) is 0 Å². The lowest BCUT2D eigenvalue weighted by atomic mass is 9.73. The SMILES string of the molecule is OC(C1CCOC2(CCCCC2)C1)C1C2CCCC21. The molecule has 0 aromatic rings. The molecule has 4 rings (SSSR count). The van der Waals surface area contributed by atoms with Crippen molar-refractivity contribution in [2.45, 2.75) is 75.9 Å². The first-order valence-electron chi connectivity index (χ1n) is 8.61. The third kappa shape index (κ3) is 2.15. The summed E-state index contributed by atoms with van der Waals surface area (Å²) in [5, 5.41) is 10.8. The van der Waals surface area contributed by atoms with Gasteiger partial charge < -0.3 is 9.84 Å². The van der Waals surface area contributed by atoms with Crippen LogP contribution in [0.5, 0.6) is 0 Å². The monoisotopic (exact) mass is 264 g/mol. The fraction of sp³-hybridized carbons (Fsp3) is 1.00. The number of hydrogen-bond acceptors (Lipinski definition) is 2. The summed E-state index contributed by atoms with van der Waals surface area (Å²) in [6.45, 7) is 0.893. The van der Waals surface area contributed by atoms with Crippen molar-refractivity contribution in [3.05, 3.63) is 0 Å². The summed E-state index contributed by atoms with van der Waals surface area (Å²) in [6, 6.07) is 0. The second kappa shape index (κ2) is 4.73. The Labute approximate surface area is 116 Å². The topological polar surface area (TPSA) is 29.5 Å². The molecule has 1 aliphatic heterocycles. The second-order valence-electron chi connectivity index (χ2n) is 7.67. The molecular formula is C17H28O2. The molecule has 3 aliphatic carbocycles. The average Bonchev–Trinajstić information content (AvgIpc) is 2.91. The minimum Gasteiger partial charge on any atom is -0.393 e. The van der Waals surface area contributed by atoms with E-state index in [9.17, 15) is 5.11 Å². The Morgan fingerprint density at radius 3 is 2.42 bits per heavy atom. The Kier molecular flexibility index (Phi) is 3.15. The van der Waals surface area contributed by atoms with Crippen LogP contribution in [0.2, 0.25) is 0 Å². The van der Waals surface area contributed by atoms with Gasteiger partial charge in [-0.25, -0.2) is 0 Å². The summed E-state index contributed by atoms with van der Waals surface area (Å²) in [5.41, 5.74) is 0.159. The summed E-state index contributed by atoms with van der Waals surface area (Å²) in [7, 11) is 0. The zero-order valence-electron chi connectivity index (χ0n) is 12.0. The molecule has 19 heavy (non-hydrogen) atoms. The van der Waals surface area contributed by atoms with Gasteiger partial charge >= 0.3 is 0 Å². The highest BCUT2D eigenvalue weighted by atomic mass is 16.5. The molecule has 1 heterocycles. The number of fused-ring (bicyclic) bond motifs is 1. The van der Waals surface area contributed by atoms with E-state index >= 15 is 0 Å². The molecule has 1 saturated heterocycles. The summed E-state index contributed by atoms with van der Waals surface area (Å²) < 4.78 is 6.17. The lowest BCUT2D eigenvalue weighted by Crippen LogP contribution is -2.45. The molecule has 0 amide bonds. The van der Waals surface area contributed by atoms with Crippen LogP contribution in [0, 0.1) is 23.7 Å². The van der Waals surface area contributed by atoms with Crippen molar-refractivity contribution in [1.29, 1.82) is 0 Å². The molecule has 0 aromatic heterocycles. The van der Waals surface area contributed by atoms with Gasteiger partial charge in [0.2, 0.25) is 0 Å². The van der Waals surface area contributed by atoms with Crippen LogP contribution in [-0.2, 0) is 4.74 Å². The molecule has 0 bridgehead atoms. The van der Waals surface area contributed by atoms with E-state index < -0.39 is 0 Å². The fourth-order valence-corrected chi connectivity index (χ4v) is 5.60. The van der Waals surface area contributed by atoms with E-state index in [1.165, 1.54) is 51.4 Å². The molecule has 1 spiro atoms. The summed E-state index contributed by atoms with van der Waals surface area (Å²) >= 11 is 0. The average molecular weight is 264 g/mol. The van der Waals surface area contributed by atoms with Gasteiger partial charge in [0, 0.05) is 6.61 Å². The third-order valence-corrected chi connectivity index (χ3v) is 6.65. The van der Waals surface area contributed by atoms with Gasteiger partial charge in [-0.05, 0) is 62.2 Å². The normalized spacial score (nSPS) is 45.9. The Balaban J connectivity index is 1.41. The first-order chi connectivity index (χ1) is 9.29. The van der Waals surface area contributed by atoms with Crippen LogP contribution in [-0.4, -0.2) is 23.4 Å². The molecule has 4 fully saturated rings. The van der Waals surface area contributed by atoms with Crippen LogP contribution < -0.4 is 0 Å². The van der Waals surface area contributed by atoms with Gasteiger partial charge in [0.1, 0.15) is 0 Å². The maximum Gasteiger partial charge on any atom is 0.0686 e. The highest BCUT2D eigenvalue weighted by molar-refractivity contribution is 5.06. The summed E-state index contributed by atoms with van der Waals surface area (Å²) in [5.74, 6) is 2.97. The fourth-order valence-electron chi connectivity index (χ4n) is 5.60. The smallest absolute Gasteiger partial charge is 0.0686 e. The van der Waals surface area contributed by atoms with Crippen LogP contribution in [0.4, 0.5) is 0 Å². The van der Waals surface area contributed by atoms with Crippen LogP contribution in [0.25, 0.3) is 0 Å². The molecule has 4 atom stereocenters. The molecule has 2 heteroatoms. The van der Waals surface area contributed by atoms with Crippen LogP contribution in [0.3, 0.4) is 0 Å². The number of ether oxygens (including phenoxy) is 1. The van der Waals surface area contributed by atoms with Gasteiger partial charge in [-0.1, -0.05) is 25.7 Å². The molecule has 0 aromatic carbocycles. The summed E-state index contributed by atoms with van der Waals surface area (Å²) in [6.07, 6.45) is 12.9. The highest BCUT2D eigenvalue weighted by Crippen LogP contribution is 2.60. The van der Waals surface area contributed by atoms with Gasteiger partial charge in [0.05, 0.1) is 11.7 Å². The molecule has 0 radical (unpaired) electrons. The maximum absolute atomic E-state index is 10.8. The first-order valence-corrected chi connectivity index (χ1v) is 8.61. The Morgan fingerprint density at radius 2 is 1.68 bits per heavy atom. The number of aliphatic hydroxyl groups excluding tert-OH is 1. The van der Waals surface area contributed by atoms with E-state index in [-0.39, 0.29) is 11.7 Å². The zero-order chi connectivity index (χ0) is 12.9. The number of hydrogen-bond donors (Lipinski definition) is 1. The molecule has 4 unspecified atom stereocenters. The molecule has 1 N–H and O–H groups in total. The number of aliphatic hydroxyl groups is 1. The van der Waals surface area contributed by atoms with E-state index in [1.807, 2.05) is 0 Å². The van der Waals surface area contributed by atoms with Crippen LogP contribution in [0.1, 0.15) is 64.2 Å². The van der Waals surface area contributed by atoms with E-state index in [0.717, 1.165) is 31.3 Å². The van der Waals surface area contributed by atoms with E-state index in [1.54, 1.807) is 0 Å². The minimum absolute atomic E-state index is 0.0157. The molecular weight excluding hydrogens is 236 g/mol. The predicted octanol–water partition coefficient (Wildman–Crippen LogP) is 3.52. The van der Waals surface area contributed by atoms with Crippen molar-refractivity contribution >= 4 is 0 Å². The Morgan fingerprint density at radius 1 is 0.947 bits per heavy atom. The van der Waals surface area contributed by atoms with Crippen molar-refractivity contribution in [2.24, 2.45) is 23.7 Å². The standard InChI is InChI=1S/C17H28O2/c18-16(15-13-5-4-6-14(13)15)12-7-10-19-17(11-12)8-2-1-3-9-17/h12-16,18H,1-11H2. The van der Waals surface area contributed by atoms with Gasteiger partial charge in [0.15, 0.2) is 0 Å². The van der Waals surface area contributed by atoms with Crippen molar-refractivity contribution in [2.75, 3.05) is 6.61 Å². The van der Waals surface area contributed by atoms with E-state index in [0.29, 0.717) is 11.8 Å². The van der Waals surface area contributed by atoms with Gasteiger partial charge in [-0.15, -0.1) is 0 Å². The maximum atomic E-state index is 10.8. The van der Waals surface area contributed by atoms with Gasteiger partial charge in [-0.3, -0.25) is 0 Å². The van der Waals surface area contributed by atoms with E-state index in [4.69, 9.17) is 4.74 Å². The van der Waals surface area contributed by atoms with Crippen molar-refractivity contribution in [1.82, 2.24) is 0 Å². The second-order valence-corrected chi connectivity index (χ2v) is 7.67. The molecule has 3 saturated carbocycles. The molecule has 4 aliphatic rings. The zero-order valence-corrected chi connectivity index (χ0v) is 12.0. The van der Waals surface area contributed by atoms with Gasteiger partial charge in [0.25, 0.3) is 0 Å². The highest BCUT2D eigenvalue weighted by Gasteiger charge is 2.57. The lowest BCUT2D eigenvalue weighted by Gasteiger charge is -2.45. The Bertz CT molecular complexity index is 319. The third-order valence-electron chi connectivity index (χ3n) is 6.65. The molecule has 2 nitrogen and oxygen atoms in total. The van der Waals surface area contributed by atoms with Crippen LogP contribution in [0.15, 0.2) is 0 Å². The van der Waals surface area contributed by atoms with Crippen molar-refractivity contribution in [3.8, 4) is 0 Å². The largest absolute Gasteiger partial charge is 0.393 e. The predicted molar refractivity (Wildman–Crippen MR) is 74.8 cm³/mol. The van der Waals surface area contributed by atoms with Crippen molar-refractivity contribution < 1.29 is 9.84 Å². The minimum atomic E-state index is -0.0157. The van der Waals surface area contributed by atoms with Gasteiger partial charge in [-0.2, -0.15) is 0 Å². The first kappa shape index (κ1) is 12.6.